The summed E-state index contributed by atoms with van der Waals surface area (Å²) in [5, 5.41) is 3.26. The Labute approximate surface area is 182 Å². The summed E-state index contributed by atoms with van der Waals surface area (Å²) < 4.78 is 4.69. The van der Waals surface area contributed by atoms with Gasteiger partial charge in [0.05, 0.1) is 13.7 Å². The summed E-state index contributed by atoms with van der Waals surface area (Å²) in [6.07, 6.45) is 14.3. The molecule has 1 aliphatic heterocycles. The van der Waals surface area contributed by atoms with E-state index in [9.17, 15) is 9.59 Å². The number of aliphatic imine (C=N–C) groups is 1. The summed E-state index contributed by atoms with van der Waals surface area (Å²) in [6.45, 7) is 2.38. The molecular weight excluding hydrogens is 380 g/mol. The van der Waals surface area contributed by atoms with Crippen molar-refractivity contribution in [1.29, 1.82) is 0 Å². The van der Waals surface area contributed by atoms with Gasteiger partial charge in [-0.3, -0.25) is 14.5 Å². The maximum atomic E-state index is 13.0. The number of likely N-dealkylation sites (N-methyl/N-ethyl adjacent to an activating group) is 1. The number of carbonyl (C=O) groups excluding carboxylic acids is 2. The maximum Gasteiger partial charge on any atom is 0.319 e. The highest BCUT2D eigenvalue weighted by molar-refractivity contribution is 6.06. The first-order chi connectivity index (χ1) is 14.4. The number of nitrogens with one attached hydrogen (secondary N) is 1. The van der Waals surface area contributed by atoms with Gasteiger partial charge in [-0.2, -0.15) is 0 Å². The van der Waals surface area contributed by atoms with E-state index in [1.165, 1.54) is 44.1 Å². The Morgan fingerprint density at radius 2 is 2.00 bits per heavy atom. The van der Waals surface area contributed by atoms with Crippen LogP contribution in [0, 0.1) is 5.92 Å². The molecule has 0 unspecified atom stereocenters. The first kappa shape index (κ1) is 24.6. The van der Waals surface area contributed by atoms with Gasteiger partial charge < -0.3 is 15.8 Å². The van der Waals surface area contributed by atoms with Crippen LogP contribution in [0.2, 0.25) is 0 Å². The number of guanidine groups is 1. The van der Waals surface area contributed by atoms with Crippen LogP contribution in [0.5, 0.6) is 0 Å². The van der Waals surface area contributed by atoms with Crippen molar-refractivity contribution in [1.82, 2.24) is 10.2 Å². The average Bonchev–Trinajstić information content (AvgIpc) is 2.98. The fourth-order valence-corrected chi connectivity index (χ4v) is 4.86. The molecule has 1 saturated carbocycles. The molecule has 2 rings (SSSR count). The van der Waals surface area contributed by atoms with Gasteiger partial charge in [0.25, 0.3) is 5.91 Å². The van der Waals surface area contributed by atoms with Gasteiger partial charge in [-0.25, -0.2) is 4.99 Å². The first-order valence-corrected chi connectivity index (χ1v) is 11.9. The maximum absolute atomic E-state index is 13.0. The van der Waals surface area contributed by atoms with Crippen LogP contribution in [0.25, 0.3) is 0 Å². The van der Waals surface area contributed by atoms with Crippen molar-refractivity contribution in [2.75, 3.05) is 20.7 Å². The fourth-order valence-electron chi connectivity index (χ4n) is 4.86. The number of methoxy groups -OCH3 is 1. The Morgan fingerprint density at radius 1 is 1.27 bits per heavy atom. The number of unbranched alkanes of at least 4 members (excludes halogenated alkanes) is 2. The lowest BCUT2D eigenvalue weighted by atomic mass is 9.80. The van der Waals surface area contributed by atoms with Crippen LogP contribution in [-0.4, -0.2) is 55.0 Å². The smallest absolute Gasteiger partial charge is 0.319 e. The number of rotatable bonds is 13. The molecule has 1 aliphatic carbocycles. The number of nitrogens with zero attached hydrogens (tertiary/aromatic N) is 2. The Bertz CT molecular complexity index is 589. The van der Waals surface area contributed by atoms with Gasteiger partial charge in [0.15, 0.2) is 5.96 Å². The van der Waals surface area contributed by atoms with Crippen molar-refractivity contribution in [3.63, 3.8) is 0 Å². The average molecular weight is 423 g/mol. The highest BCUT2D eigenvalue weighted by atomic mass is 16.5. The number of hydrogen-bond acceptors (Lipinski definition) is 6. The number of amides is 1. The third kappa shape index (κ3) is 6.96. The highest BCUT2D eigenvalue weighted by Gasteiger charge is 2.45. The van der Waals surface area contributed by atoms with Crippen LogP contribution in [0.3, 0.4) is 0 Å². The summed E-state index contributed by atoms with van der Waals surface area (Å²) in [7, 11) is 3.15. The number of nitrogens with two attached hydrogens (primary N) is 1. The minimum atomic E-state index is -0.649. The Morgan fingerprint density at radius 3 is 2.60 bits per heavy atom. The molecule has 0 aromatic carbocycles. The first-order valence-electron chi connectivity index (χ1n) is 11.9. The molecule has 0 aromatic rings. The molecule has 0 radical (unpaired) electrons. The zero-order valence-corrected chi connectivity index (χ0v) is 19.3. The summed E-state index contributed by atoms with van der Waals surface area (Å²) >= 11 is 0. The third-order valence-corrected chi connectivity index (χ3v) is 6.96. The van der Waals surface area contributed by atoms with E-state index < -0.39 is 5.54 Å². The zero-order chi connectivity index (χ0) is 22.0. The topological polar surface area (TPSA) is 97.0 Å². The van der Waals surface area contributed by atoms with Crippen LogP contribution < -0.4 is 11.1 Å². The van der Waals surface area contributed by atoms with Gasteiger partial charge in [0.2, 0.25) is 0 Å². The lowest BCUT2D eigenvalue weighted by molar-refractivity contribution is -0.139. The third-order valence-electron chi connectivity index (χ3n) is 6.96. The van der Waals surface area contributed by atoms with Crippen molar-refractivity contribution in [3.05, 3.63) is 0 Å². The number of hydrogen-bond donors (Lipinski definition) is 2. The molecular formula is C23H42N4O3. The van der Waals surface area contributed by atoms with Crippen molar-refractivity contribution >= 4 is 17.8 Å². The van der Waals surface area contributed by atoms with Crippen molar-refractivity contribution in [2.45, 2.75) is 102 Å². The van der Waals surface area contributed by atoms with Crippen LogP contribution in [0.1, 0.15) is 90.4 Å². The standard InChI is InChI=1S/C23H42N4O3/c1-4-19(25-17-20(28)30-3)13-9-6-10-15-23(21(29)27(2)22(24)26-23)16-14-18-11-7-5-8-12-18/h18-19,25H,4-17H2,1-3H3,(H2,24,26)/t19-,23+/m1/s1. The van der Waals surface area contributed by atoms with E-state index in [0.717, 1.165) is 57.3 Å². The molecule has 3 N–H and O–H groups in total. The Kier molecular flexibility index (Phi) is 10.1. The van der Waals surface area contributed by atoms with Crippen molar-refractivity contribution < 1.29 is 14.3 Å². The van der Waals surface area contributed by atoms with E-state index in [1.807, 2.05) is 0 Å². The van der Waals surface area contributed by atoms with Gasteiger partial charge in [-0.15, -0.1) is 0 Å². The minimum Gasteiger partial charge on any atom is -0.468 e. The summed E-state index contributed by atoms with van der Waals surface area (Å²) in [4.78, 5) is 30.5. The molecule has 7 nitrogen and oxygen atoms in total. The molecule has 0 aromatic heterocycles. The monoisotopic (exact) mass is 422 g/mol. The lowest BCUT2D eigenvalue weighted by Gasteiger charge is -2.28. The zero-order valence-electron chi connectivity index (χ0n) is 19.3. The fraction of sp³-hybridized carbons (Fsp3) is 0.870. The predicted molar refractivity (Wildman–Crippen MR) is 120 cm³/mol. The molecule has 1 heterocycles. The van der Waals surface area contributed by atoms with Crippen molar-refractivity contribution in [3.8, 4) is 0 Å². The van der Waals surface area contributed by atoms with Gasteiger partial charge in [0, 0.05) is 13.1 Å². The van der Waals surface area contributed by atoms with Gasteiger partial charge in [-0.1, -0.05) is 58.3 Å². The summed E-state index contributed by atoms with van der Waals surface area (Å²) in [6, 6.07) is 0.317. The van der Waals surface area contributed by atoms with Crippen molar-refractivity contribution in [2.24, 2.45) is 16.6 Å². The Hall–Kier alpha value is -1.63. The molecule has 2 aliphatic rings. The van der Waals surface area contributed by atoms with Crippen LogP contribution >= 0.6 is 0 Å². The molecule has 2 atom stereocenters. The second kappa shape index (κ2) is 12.3. The summed E-state index contributed by atoms with van der Waals surface area (Å²) in [5.74, 6) is 0.938. The largest absolute Gasteiger partial charge is 0.468 e. The molecule has 0 saturated heterocycles. The van der Waals surface area contributed by atoms with E-state index in [1.54, 1.807) is 7.05 Å². The number of esters is 1. The van der Waals surface area contributed by atoms with Crippen LogP contribution in [0.4, 0.5) is 0 Å². The van der Waals surface area contributed by atoms with E-state index >= 15 is 0 Å². The normalized spacial score (nSPS) is 23.5. The molecule has 1 fully saturated rings. The highest BCUT2D eigenvalue weighted by Crippen LogP contribution is 2.36. The molecule has 1 amide bonds. The summed E-state index contributed by atoms with van der Waals surface area (Å²) in [5.41, 5.74) is 5.37. The molecule has 0 bridgehead atoms. The lowest BCUT2D eigenvalue weighted by Crippen LogP contribution is -2.42. The van der Waals surface area contributed by atoms with Crippen LogP contribution in [0.15, 0.2) is 4.99 Å². The van der Waals surface area contributed by atoms with Gasteiger partial charge >= 0.3 is 5.97 Å². The second-order valence-electron chi connectivity index (χ2n) is 9.07. The number of ether oxygens (including phenoxy) is 1. The molecule has 172 valence electrons. The molecule has 0 spiro atoms. The number of carbonyl (C=O) groups is 2. The van der Waals surface area contributed by atoms with E-state index in [-0.39, 0.29) is 18.4 Å². The van der Waals surface area contributed by atoms with E-state index in [4.69, 9.17) is 10.5 Å². The minimum absolute atomic E-state index is 0.0713. The van der Waals surface area contributed by atoms with Crippen LogP contribution in [-0.2, 0) is 14.3 Å². The SMILES string of the molecule is CC[C@H](CCCCC[C@@]1(CCC2CCCCC2)N=C(N)N(C)C1=O)NCC(=O)OC. The van der Waals surface area contributed by atoms with E-state index in [2.05, 4.69) is 17.2 Å². The second-order valence-corrected chi connectivity index (χ2v) is 9.07. The Balaban J connectivity index is 1.80. The van der Waals surface area contributed by atoms with Gasteiger partial charge in [0.1, 0.15) is 5.54 Å². The van der Waals surface area contributed by atoms with E-state index in [0.29, 0.717) is 12.0 Å². The van der Waals surface area contributed by atoms with Gasteiger partial charge in [-0.05, 0) is 38.0 Å². The quantitative estimate of drug-likeness (QED) is 0.350. The predicted octanol–water partition coefficient (Wildman–Crippen LogP) is 3.36. The molecule has 7 heteroatoms. The molecule has 30 heavy (non-hydrogen) atoms.